The minimum absolute atomic E-state index is 0.699. The van der Waals surface area contributed by atoms with E-state index in [2.05, 4.69) is 41.7 Å². The summed E-state index contributed by atoms with van der Waals surface area (Å²) < 4.78 is 5.17. The van der Waals surface area contributed by atoms with E-state index >= 15 is 0 Å². The fraction of sp³-hybridized carbons (Fsp3) is 0.529. The first-order valence-corrected chi connectivity index (χ1v) is 7.31. The van der Waals surface area contributed by atoms with Crippen molar-refractivity contribution >= 4 is 0 Å². The summed E-state index contributed by atoms with van der Waals surface area (Å²) in [7, 11) is 1.74. The van der Waals surface area contributed by atoms with Crippen LogP contribution in [-0.2, 0) is 17.9 Å². The first-order chi connectivity index (χ1) is 9.35. The Balaban J connectivity index is 1.47. The Bertz CT molecular complexity index is 454. The highest BCUT2D eigenvalue weighted by atomic mass is 16.5. The van der Waals surface area contributed by atoms with Crippen molar-refractivity contribution in [3.05, 3.63) is 47.5 Å². The molecule has 1 aromatic rings. The monoisotopic (exact) mass is 257 g/mol. The van der Waals surface area contributed by atoms with E-state index in [9.17, 15) is 0 Å². The van der Waals surface area contributed by atoms with Crippen LogP contribution >= 0.6 is 0 Å². The average Bonchev–Trinajstić information content (AvgIpc) is 3.02. The van der Waals surface area contributed by atoms with Crippen LogP contribution in [-0.4, -0.2) is 13.7 Å². The molecule has 0 saturated heterocycles. The molecule has 1 N–H and O–H groups in total. The average molecular weight is 257 g/mol. The number of methoxy groups -OCH3 is 1. The summed E-state index contributed by atoms with van der Waals surface area (Å²) in [5.74, 6) is 2.58. The molecule has 1 saturated carbocycles. The standard InChI is InChI=1S/C17H23NO/c1-19-12-15-4-2-3-14(7-15)10-18-11-17-9-13-5-6-16(17)8-13/h2-7,13,16-18H,8-12H2,1H3. The van der Waals surface area contributed by atoms with Gasteiger partial charge in [-0.2, -0.15) is 0 Å². The van der Waals surface area contributed by atoms with Gasteiger partial charge in [0.1, 0.15) is 0 Å². The fourth-order valence-corrected chi connectivity index (χ4v) is 3.53. The molecule has 0 aromatic heterocycles. The van der Waals surface area contributed by atoms with E-state index in [0.717, 1.165) is 30.8 Å². The number of nitrogens with one attached hydrogen (secondary N) is 1. The van der Waals surface area contributed by atoms with E-state index < -0.39 is 0 Å². The number of fused-ring (bicyclic) bond motifs is 2. The summed E-state index contributed by atoms with van der Waals surface area (Å²) >= 11 is 0. The summed E-state index contributed by atoms with van der Waals surface area (Å²) in [5, 5.41) is 3.62. The maximum absolute atomic E-state index is 5.17. The summed E-state index contributed by atoms with van der Waals surface area (Å²) in [6.07, 6.45) is 7.63. The molecule has 2 aliphatic carbocycles. The van der Waals surface area contributed by atoms with Crippen LogP contribution in [0.25, 0.3) is 0 Å². The topological polar surface area (TPSA) is 21.3 Å². The van der Waals surface area contributed by atoms with Gasteiger partial charge in [0.15, 0.2) is 0 Å². The SMILES string of the molecule is COCc1cccc(CNCC2CC3C=CC2C3)c1. The van der Waals surface area contributed by atoms with Gasteiger partial charge in [-0.05, 0) is 48.3 Å². The normalized spacial score (nSPS) is 28.2. The van der Waals surface area contributed by atoms with Crippen molar-refractivity contribution in [3.8, 4) is 0 Å². The minimum atomic E-state index is 0.699. The second kappa shape index (κ2) is 5.89. The van der Waals surface area contributed by atoms with Gasteiger partial charge < -0.3 is 10.1 Å². The first kappa shape index (κ1) is 12.9. The molecule has 3 atom stereocenters. The third kappa shape index (κ3) is 3.07. The van der Waals surface area contributed by atoms with Gasteiger partial charge in [0, 0.05) is 13.7 Å². The molecular formula is C17H23NO. The number of benzene rings is 1. The molecule has 3 unspecified atom stereocenters. The number of hydrogen-bond donors (Lipinski definition) is 1. The van der Waals surface area contributed by atoms with Crippen molar-refractivity contribution in [2.75, 3.05) is 13.7 Å². The molecule has 3 rings (SSSR count). The van der Waals surface area contributed by atoms with Crippen LogP contribution in [0.15, 0.2) is 36.4 Å². The van der Waals surface area contributed by atoms with Crippen LogP contribution in [0.2, 0.25) is 0 Å². The van der Waals surface area contributed by atoms with E-state index in [0.29, 0.717) is 6.61 Å². The molecule has 0 amide bonds. The van der Waals surface area contributed by atoms with Gasteiger partial charge in [-0.15, -0.1) is 0 Å². The van der Waals surface area contributed by atoms with E-state index in [1.807, 2.05) is 0 Å². The molecule has 2 nitrogen and oxygen atoms in total. The molecule has 0 radical (unpaired) electrons. The van der Waals surface area contributed by atoms with Crippen molar-refractivity contribution in [2.45, 2.75) is 26.0 Å². The lowest BCUT2D eigenvalue weighted by molar-refractivity contribution is 0.185. The molecule has 102 valence electrons. The molecule has 19 heavy (non-hydrogen) atoms. The molecule has 1 fully saturated rings. The van der Waals surface area contributed by atoms with E-state index in [-0.39, 0.29) is 0 Å². The number of rotatable bonds is 6. The molecule has 1 aromatic carbocycles. The molecule has 0 heterocycles. The maximum Gasteiger partial charge on any atom is 0.0713 e. The van der Waals surface area contributed by atoms with Crippen LogP contribution in [0, 0.1) is 17.8 Å². The first-order valence-electron chi connectivity index (χ1n) is 7.31. The second-order valence-corrected chi connectivity index (χ2v) is 5.92. The molecule has 0 spiro atoms. The predicted molar refractivity (Wildman–Crippen MR) is 77.7 cm³/mol. The zero-order valence-corrected chi connectivity index (χ0v) is 11.6. The van der Waals surface area contributed by atoms with Crippen molar-refractivity contribution in [2.24, 2.45) is 17.8 Å². The summed E-state index contributed by atoms with van der Waals surface area (Å²) in [6, 6.07) is 8.66. The quantitative estimate of drug-likeness (QED) is 0.791. The molecule has 2 heteroatoms. The van der Waals surface area contributed by atoms with Gasteiger partial charge in [-0.25, -0.2) is 0 Å². The lowest BCUT2D eigenvalue weighted by Gasteiger charge is -2.18. The highest BCUT2D eigenvalue weighted by Crippen LogP contribution is 2.42. The van der Waals surface area contributed by atoms with Crippen LogP contribution < -0.4 is 5.32 Å². The smallest absolute Gasteiger partial charge is 0.0713 e. The zero-order valence-electron chi connectivity index (χ0n) is 11.6. The van der Waals surface area contributed by atoms with Crippen LogP contribution in [0.3, 0.4) is 0 Å². The Kier molecular flexibility index (Phi) is 4.00. The lowest BCUT2D eigenvalue weighted by atomic mass is 9.93. The van der Waals surface area contributed by atoms with Crippen LogP contribution in [0.5, 0.6) is 0 Å². The third-order valence-corrected chi connectivity index (χ3v) is 4.45. The highest BCUT2D eigenvalue weighted by Gasteiger charge is 2.34. The Morgan fingerprint density at radius 3 is 2.84 bits per heavy atom. The van der Waals surface area contributed by atoms with Gasteiger partial charge in [0.2, 0.25) is 0 Å². The minimum Gasteiger partial charge on any atom is -0.380 e. The van der Waals surface area contributed by atoms with E-state index in [1.165, 1.54) is 24.0 Å². The molecule has 2 bridgehead atoms. The Hall–Kier alpha value is -1.12. The Morgan fingerprint density at radius 1 is 1.21 bits per heavy atom. The zero-order chi connectivity index (χ0) is 13.1. The fourth-order valence-electron chi connectivity index (χ4n) is 3.53. The largest absolute Gasteiger partial charge is 0.380 e. The van der Waals surface area contributed by atoms with Crippen LogP contribution in [0.1, 0.15) is 24.0 Å². The van der Waals surface area contributed by atoms with Crippen molar-refractivity contribution in [3.63, 3.8) is 0 Å². The number of allylic oxidation sites excluding steroid dienone is 2. The van der Waals surface area contributed by atoms with E-state index in [1.54, 1.807) is 7.11 Å². The summed E-state index contributed by atoms with van der Waals surface area (Å²) in [6.45, 7) is 2.82. The molecule has 2 aliphatic rings. The van der Waals surface area contributed by atoms with Gasteiger partial charge in [0.05, 0.1) is 6.61 Å². The number of hydrogen-bond acceptors (Lipinski definition) is 2. The molecule has 0 aliphatic heterocycles. The molecular weight excluding hydrogens is 234 g/mol. The highest BCUT2D eigenvalue weighted by molar-refractivity contribution is 5.23. The van der Waals surface area contributed by atoms with Crippen molar-refractivity contribution < 1.29 is 4.74 Å². The second-order valence-electron chi connectivity index (χ2n) is 5.92. The lowest BCUT2D eigenvalue weighted by Crippen LogP contribution is -2.25. The number of ether oxygens (including phenoxy) is 1. The van der Waals surface area contributed by atoms with Gasteiger partial charge in [0.25, 0.3) is 0 Å². The van der Waals surface area contributed by atoms with E-state index in [4.69, 9.17) is 4.74 Å². The van der Waals surface area contributed by atoms with Gasteiger partial charge in [-0.1, -0.05) is 36.4 Å². The van der Waals surface area contributed by atoms with Gasteiger partial charge in [-0.3, -0.25) is 0 Å². The van der Waals surface area contributed by atoms with Crippen molar-refractivity contribution in [1.82, 2.24) is 5.32 Å². The Labute approximate surface area is 115 Å². The maximum atomic E-state index is 5.17. The summed E-state index contributed by atoms with van der Waals surface area (Å²) in [4.78, 5) is 0. The van der Waals surface area contributed by atoms with Crippen LogP contribution in [0.4, 0.5) is 0 Å². The third-order valence-electron chi connectivity index (χ3n) is 4.45. The van der Waals surface area contributed by atoms with Gasteiger partial charge >= 0.3 is 0 Å². The summed E-state index contributed by atoms with van der Waals surface area (Å²) in [5.41, 5.74) is 2.61. The van der Waals surface area contributed by atoms with Crippen molar-refractivity contribution in [1.29, 1.82) is 0 Å². The Morgan fingerprint density at radius 2 is 2.11 bits per heavy atom. The predicted octanol–water partition coefficient (Wildman–Crippen LogP) is 3.13.